The average molecular weight is 226 g/mol. The van der Waals surface area contributed by atoms with Crippen LogP contribution < -0.4 is 5.32 Å². The summed E-state index contributed by atoms with van der Waals surface area (Å²) in [4.78, 5) is 0. The molecule has 1 nitrogen and oxygen atoms in total. The average Bonchev–Trinajstić information content (AvgIpc) is 2.25. The van der Waals surface area contributed by atoms with Crippen LogP contribution in [0.3, 0.4) is 0 Å². The Kier molecular flexibility index (Phi) is 5.74. The number of nitrogens with one attached hydrogen (secondary N) is 1. The maximum Gasteiger partial charge on any atom is 0.0406 e. The lowest BCUT2D eigenvalue weighted by Gasteiger charge is -2.14. The highest BCUT2D eigenvalue weighted by atomic mass is 35.5. The predicted octanol–water partition coefficient (Wildman–Crippen LogP) is 4.18. The topological polar surface area (TPSA) is 12.0 Å². The van der Waals surface area contributed by atoms with E-state index in [1.165, 1.54) is 24.8 Å². The summed E-state index contributed by atoms with van der Waals surface area (Å²) in [6.45, 7) is 5.51. The number of halogens is 1. The molecule has 0 saturated carbocycles. The second-order valence-electron chi connectivity index (χ2n) is 3.93. The SMILES string of the molecule is CCCCCN[C@H](C)c1ccc(Cl)cc1. The van der Waals surface area contributed by atoms with E-state index in [1.807, 2.05) is 12.1 Å². The second-order valence-corrected chi connectivity index (χ2v) is 4.37. The molecule has 0 fully saturated rings. The Morgan fingerprint density at radius 3 is 2.47 bits per heavy atom. The lowest BCUT2D eigenvalue weighted by molar-refractivity contribution is 0.544. The van der Waals surface area contributed by atoms with Gasteiger partial charge in [0.25, 0.3) is 0 Å². The summed E-state index contributed by atoms with van der Waals surface area (Å²) in [6, 6.07) is 8.47. The first-order valence-corrected chi connectivity index (χ1v) is 6.10. The number of rotatable bonds is 6. The van der Waals surface area contributed by atoms with Crippen LogP contribution in [0.4, 0.5) is 0 Å². The van der Waals surface area contributed by atoms with Gasteiger partial charge in [0.15, 0.2) is 0 Å². The molecule has 1 aromatic carbocycles. The molecule has 1 N–H and O–H groups in total. The van der Waals surface area contributed by atoms with Gasteiger partial charge < -0.3 is 5.32 Å². The van der Waals surface area contributed by atoms with Gasteiger partial charge in [-0.25, -0.2) is 0 Å². The molecule has 0 spiro atoms. The fourth-order valence-electron chi connectivity index (χ4n) is 1.56. The van der Waals surface area contributed by atoms with Crippen LogP contribution in [0.5, 0.6) is 0 Å². The lowest BCUT2D eigenvalue weighted by atomic mass is 10.1. The molecule has 0 aliphatic rings. The van der Waals surface area contributed by atoms with Crippen LogP contribution in [0.1, 0.15) is 44.7 Å². The third-order valence-electron chi connectivity index (χ3n) is 2.60. The fourth-order valence-corrected chi connectivity index (χ4v) is 1.69. The summed E-state index contributed by atoms with van der Waals surface area (Å²) in [6.07, 6.45) is 3.84. The Morgan fingerprint density at radius 1 is 1.20 bits per heavy atom. The Morgan fingerprint density at radius 2 is 1.87 bits per heavy atom. The highest BCUT2D eigenvalue weighted by Gasteiger charge is 2.03. The molecule has 0 radical (unpaired) electrons. The van der Waals surface area contributed by atoms with Crippen molar-refractivity contribution in [2.75, 3.05) is 6.54 Å². The first-order chi connectivity index (χ1) is 7.24. The van der Waals surface area contributed by atoms with Crippen LogP contribution in [0.25, 0.3) is 0 Å². The van der Waals surface area contributed by atoms with Crippen LogP contribution >= 0.6 is 11.6 Å². The maximum atomic E-state index is 5.84. The normalized spacial score (nSPS) is 12.7. The van der Waals surface area contributed by atoms with E-state index in [0.717, 1.165) is 11.6 Å². The predicted molar refractivity (Wildman–Crippen MR) is 67.4 cm³/mol. The summed E-state index contributed by atoms with van der Waals surface area (Å²) in [7, 11) is 0. The van der Waals surface area contributed by atoms with Gasteiger partial charge in [-0.15, -0.1) is 0 Å². The molecular weight excluding hydrogens is 206 g/mol. The van der Waals surface area contributed by atoms with Crippen molar-refractivity contribution in [2.24, 2.45) is 0 Å². The molecule has 0 bridgehead atoms. The molecule has 1 rings (SSSR count). The summed E-state index contributed by atoms with van der Waals surface area (Å²) in [5.74, 6) is 0. The number of unbranched alkanes of at least 4 members (excludes halogenated alkanes) is 2. The van der Waals surface area contributed by atoms with Crippen molar-refractivity contribution in [2.45, 2.75) is 39.2 Å². The van der Waals surface area contributed by atoms with E-state index in [9.17, 15) is 0 Å². The van der Waals surface area contributed by atoms with Crippen LogP contribution in [0, 0.1) is 0 Å². The molecule has 0 saturated heterocycles. The summed E-state index contributed by atoms with van der Waals surface area (Å²) >= 11 is 5.84. The molecule has 2 heteroatoms. The molecule has 0 amide bonds. The van der Waals surface area contributed by atoms with E-state index in [1.54, 1.807) is 0 Å². The Labute approximate surface area is 97.8 Å². The fraction of sp³-hybridized carbons (Fsp3) is 0.538. The van der Waals surface area contributed by atoms with Gasteiger partial charge in [0.2, 0.25) is 0 Å². The monoisotopic (exact) mass is 225 g/mol. The number of hydrogen-bond acceptors (Lipinski definition) is 1. The molecule has 0 aromatic heterocycles. The van der Waals surface area contributed by atoms with E-state index in [0.29, 0.717) is 6.04 Å². The van der Waals surface area contributed by atoms with E-state index in [4.69, 9.17) is 11.6 Å². The van der Waals surface area contributed by atoms with E-state index in [-0.39, 0.29) is 0 Å². The van der Waals surface area contributed by atoms with Gasteiger partial charge in [-0.3, -0.25) is 0 Å². The summed E-state index contributed by atoms with van der Waals surface area (Å²) in [5, 5.41) is 4.31. The molecule has 1 aromatic rings. The molecule has 0 aliphatic heterocycles. The Hall–Kier alpha value is -0.530. The van der Waals surface area contributed by atoms with Crippen molar-refractivity contribution in [1.82, 2.24) is 5.32 Å². The highest BCUT2D eigenvalue weighted by molar-refractivity contribution is 6.30. The van der Waals surface area contributed by atoms with Gasteiger partial charge in [0, 0.05) is 11.1 Å². The first-order valence-electron chi connectivity index (χ1n) is 5.73. The van der Waals surface area contributed by atoms with Crippen molar-refractivity contribution in [1.29, 1.82) is 0 Å². The second kappa shape index (κ2) is 6.86. The van der Waals surface area contributed by atoms with Crippen molar-refractivity contribution in [3.63, 3.8) is 0 Å². The smallest absolute Gasteiger partial charge is 0.0406 e. The van der Waals surface area contributed by atoms with Crippen LogP contribution in [-0.2, 0) is 0 Å². The van der Waals surface area contributed by atoms with Crippen LogP contribution in [-0.4, -0.2) is 6.54 Å². The van der Waals surface area contributed by atoms with Gasteiger partial charge in [-0.05, 0) is 37.6 Å². The minimum absolute atomic E-state index is 0.416. The van der Waals surface area contributed by atoms with Crippen molar-refractivity contribution < 1.29 is 0 Å². The molecule has 1 atom stereocenters. The van der Waals surface area contributed by atoms with Gasteiger partial charge in [0.05, 0.1) is 0 Å². The van der Waals surface area contributed by atoms with E-state index in [2.05, 4.69) is 31.3 Å². The van der Waals surface area contributed by atoms with Gasteiger partial charge in [-0.1, -0.05) is 43.5 Å². The minimum atomic E-state index is 0.416. The zero-order valence-corrected chi connectivity index (χ0v) is 10.3. The minimum Gasteiger partial charge on any atom is -0.310 e. The number of hydrogen-bond donors (Lipinski definition) is 1. The van der Waals surface area contributed by atoms with E-state index >= 15 is 0 Å². The van der Waals surface area contributed by atoms with Crippen molar-refractivity contribution in [3.05, 3.63) is 34.9 Å². The molecule has 0 heterocycles. The summed E-state index contributed by atoms with van der Waals surface area (Å²) < 4.78 is 0. The number of benzene rings is 1. The van der Waals surface area contributed by atoms with E-state index < -0.39 is 0 Å². The summed E-state index contributed by atoms with van der Waals surface area (Å²) in [5.41, 5.74) is 1.30. The first kappa shape index (κ1) is 12.5. The van der Waals surface area contributed by atoms with Crippen molar-refractivity contribution in [3.8, 4) is 0 Å². The third-order valence-corrected chi connectivity index (χ3v) is 2.85. The molecule has 15 heavy (non-hydrogen) atoms. The zero-order valence-electron chi connectivity index (χ0n) is 9.59. The van der Waals surface area contributed by atoms with Gasteiger partial charge >= 0.3 is 0 Å². The van der Waals surface area contributed by atoms with Gasteiger partial charge in [-0.2, -0.15) is 0 Å². The largest absolute Gasteiger partial charge is 0.310 e. The molecule has 84 valence electrons. The zero-order chi connectivity index (χ0) is 11.1. The highest BCUT2D eigenvalue weighted by Crippen LogP contribution is 2.15. The lowest BCUT2D eigenvalue weighted by Crippen LogP contribution is -2.19. The van der Waals surface area contributed by atoms with Crippen molar-refractivity contribution >= 4 is 11.6 Å². The maximum absolute atomic E-state index is 5.84. The van der Waals surface area contributed by atoms with Gasteiger partial charge in [0.1, 0.15) is 0 Å². The van der Waals surface area contributed by atoms with Crippen LogP contribution in [0.15, 0.2) is 24.3 Å². The molecule has 0 unspecified atom stereocenters. The Bertz CT molecular complexity index is 268. The van der Waals surface area contributed by atoms with Crippen LogP contribution in [0.2, 0.25) is 5.02 Å². The Balaban J connectivity index is 2.33. The molecular formula is C13H20ClN. The third kappa shape index (κ3) is 4.67. The molecule has 0 aliphatic carbocycles. The quantitative estimate of drug-likeness (QED) is 0.717. The standard InChI is InChI=1S/C13H20ClN/c1-3-4-5-10-15-11(2)12-6-8-13(14)9-7-12/h6-9,11,15H,3-5,10H2,1-2H3/t11-/m1/s1.